The molecule has 5 heteroatoms. The van der Waals surface area contributed by atoms with Crippen LogP contribution in [0, 0.1) is 12.3 Å². The van der Waals surface area contributed by atoms with Gasteiger partial charge in [0.15, 0.2) is 0 Å². The van der Waals surface area contributed by atoms with E-state index in [2.05, 4.69) is 11.2 Å². The molecule has 0 aliphatic carbocycles. The van der Waals surface area contributed by atoms with Crippen molar-refractivity contribution >= 4 is 12.0 Å². The van der Waals surface area contributed by atoms with Crippen LogP contribution in [0.4, 0.5) is 4.79 Å². The number of fused-ring (bicyclic) bond motifs is 1. The summed E-state index contributed by atoms with van der Waals surface area (Å²) in [5.74, 6) is 1.48. The quantitative estimate of drug-likeness (QED) is 0.830. The predicted molar refractivity (Wildman–Crippen MR) is 78.6 cm³/mol. The Morgan fingerprint density at radius 2 is 2.14 bits per heavy atom. The van der Waals surface area contributed by atoms with E-state index in [0.29, 0.717) is 19.4 Å². The lowest BCUT2D eigenvalue weighted by atomic mass is 9.94. The summed E-state index contributed by atoms with van der Waals surface area (Å²) < 4.78 is 0. The van der Waals surface area contributed by atoms with Crippen molar-refractivity contribution in [1.29, 1.82) is 0 Å². The molecule has 0 saturated carbocycles. The summed E-state index contributed by atoms with van der Waals surface area (Å²) in [5.41, 5.74) is 1.96. The number of nitrogens with one attached hydrogen (secondary N) is 1. The molecule has 1 aliphatic heterocycles. The Labute approximate surface area is 124 Å². The summed E-state index contributed by atoms with van der Waals surface area (Å²) in [6, 6.07) is 6.16. The van der Waals surface area contributed by atoms with Crippen molar-refractivity contribution in [2.24, 2.45) is 0 Å². The van der Waals surface area contributed by atoms with E-state index < -0.39 is 12.0 Å². The summed E-state index contributed by atoms with van der Waals surface area (Å²) in [4.78, 5) is 25.1. The van der Waals surface area contributed by atoms with E-state index in [9.17, 15) is 14.7 Å². The predicted octanol–water partition coefficient (Wildman–Crippen LogP) is 1.62. The van der Waals surface area contributed by atoms with Gasteiger partial charge < -0.3 is 15.3 Å². The lowest BCUT2D eigenvalue weighted by Gasteiger charge is -2.35. The lowest BCUT2D eigenvalue weighted by Crippen LogP contribution is -2.53. The molecule has 2 N–H and O–H groups in total. The summed E-state index contributed by atoms with van der Waals surface area (Å²) in [7, 11) is 0. The SMILES string of the molecule is C#CCC(C)NC(=O)N1Cc2ccccc2C[C@H]1C(=O)O. The monoisotopic (exact) mass is 286 g/mol. The summed E-state index contributed by atoms with van der Waals surface area (Å²) in [6.07, 6.45) is 5.95. The highest BCUT2D eigenvalue weighted by atomic mass is 16.4. The van der Waals surface area contributed by atoms with Crippen LogP contribution in [0.15, 0.2) is 24.3 Å². The second-order valence-corrected chi connectivity index (χ2v) is 5.21. The smallest absolute Gasteiger partial charge is 0.326 e. The van der Waals surface area contributed by atoms with E-state index in [-0.39, 0.29) is 12.1 Å². The van der Waals surface area contributed by atoms with Crippen LogP contribution >= 0.6 is 0 Å². The number of urea groups is 1. The first-order valence-corrected chi connectivity index (χ1v) is 6.83. The van der Waals surface area contributed by atoms with Crippen molar-refractivity contribution in [2.75, 3.05) is 0 Å². The zero-order chi connectivity index (χ0) is 15.4. The second kappa shape index (κ2) is 6.31. The number of hydrogen-bond acceptors (Lipinski definition) is 2. The minimum Gasteiger partial charge on any atom is -0.480 e. The number of carboxylic acids is 1. The van der Waals surface area contributed by atoms with Crippen LogP contribution in [0.1, 0.15) is 24.5 Å². The molecule has 2 amide bonds. The molecule has 0 radical (unpaired) electrons. The third kappa shape index (κ3) is 3.34. The van der Waals surface area contributed by atoms with Crippen molar-refractivity contribution < 1.29 is 14.7 Å². The molecule has 110 valence electrons. The van der Waals surface area contributed by atoms with Crippen molar-refractivity contribution in [3.8, 4) is 12.3 Å². The van der Waals surface area contributed by atoms with Gasteiger partial charge in [0.05, 0.1) is 0 Å². The fraction of sp³-hybridized carbons (Fsp3) is 0.375. The van der Waals surface area contributed by atoms with Gasteiger partial charge in [0.25, 0.3) is 0 Å². The van der Waals surface area contributed by atoms with Gasteiger partial charge in [0.1, 0.15) is 6.04 Å². The molecular formula is C16H18N2O3. The van der Waals surface area contributed by atoms with Crippen LogP contribution in [0.2, 0.25) is 0 Å². The van der Waals surface area contributed by atoms with Gasteiger partial charge in [-0.25, -0.2) is 9.59 Å². The Bertz CT molecular complexity index is 591. The molecule has 0 fully saturated rings. The number of hydrogen-bond donors (Lipinski definition) is 2. The Morgan fingerprint density at radius 3 is 2.76 bits per heavy atom. The molecule has 1 heterocycles. The molecule has 1 unspecified atom stereocenters. The molecule has 0 aromatic heterocycles. The van der Waals surface area contributed by atoms with Crippen LogP contribution in [0.25, 0.3) is 0 Å². The van der Waals surface area contributed by atoms with Crippen LogP contribution in [-0.4, -0.2) is 34.1 Å². The van der Waals surface area contributed by atoms with Crippen LogP contribution in [0.3, 0.4) is 0 Å². The fourth-order valence-electron chi connectivity index (χ4n) is 2.48. The van der Waals surface area contributed by atoms with Crippen molar-refractivity contribution in [3.05, 3.63) is 35.4 Å². The highest BCUT2D eigenvalue weighted by Crippen LogP contribution is 2.23. The Morgan fingerprint density at radius 1 is 1.48 bits per heavy atom. The van der Waals surface area contributed by atoms with E-state index in [0.717, 1.165) is 11.1 Å². The lowest BCUT2D eigenvalue weighted by molar-refractivity contribution is -0.142. The summed E-state index contributed by atoms with van der Waals surface area (Å²) in [6.45, 7) is 2.09. The fourth-order valence-corrected chi connectivity index (χ4v) is 2.48. The number of nitrogens with zero attached hydrogens (tertiary/aromatic N) is 1. The molecule has 2 atom stereocenters. The molecule has 0 spiro atoms. The molecule has 0 saturated heterocycles. The van der Waals surface area contributed by atoms with E-state index in [1.807, 2.05) is 24.3 Å². The third-order valence-corrected chi connectivity index (χ3v) is 3.59. The topological polar surface area (TPSA) is 69.6 Å². The molecule has 1 aromatic carbocycles. The van der Waals surface area contributed by atoms with Crippen LogP contribution in [0.5, 0.6) is 0 Å². The minimum absolute atomic E-state index is 0.186. The average Bonchev–Trinajstić information content (AvgIpc) is 2.45. The molecule has 5 nitrogen and oxygen atoms in total. The maximum atomic E-state index is 12.3. The van der Waals surface area contributed by atoms with E-state index in [1.165, 1.54) is 4.90 Å². The van der Waals surface area contributed by atoms with Crippen LogP contribution < -0.4 is 5.32 Å². The van der Waals surface area contributed by atoms with E-state index >= 15 is 0 Å². The molecular weight excluding hydrogens is 268 g/mol. The van der Waals surface area contributed by atoms with E-state index in [1.54, 1.807) is 6.92 Å². The van der Waals surface area contributed by atoms with Crippen LogP contribution in [-0.2, 0) is 17.8 Å². The van der Waals surface area contributed by atoms with Gasteiger partial charge in [-0.05, 0) is 18.1 Å². The maximum Gasteiger partial charge on any atom is 0.326 e. The van der Waals surface area contributed by atoms with Gasteiger partial charge in [-0.3, -0.25) is 0 Å². The Hall–Kier alpha value is -2.48. The van der Waals surface area contributed by atoms with Gasteiger partial charge in [0.2, 0.25) is 0 Å². The molecule has 21 heavy (non-hydrogen) atoms. The number of carbonyl (C=O) groups is 2. The van der Waals surface area contributed by atoms with Gasteiger partial charge in [0, 0.05) is 25.4 Å². The number of amides is 2. The zero-order valence-electron chi connectivity index (χ0n) is 11.9. The van der Waals surface area contributed by atoms with Crippen molar-refractivity contribution in [3.63, 3.8) is 0 Å². The van der Waals surface area contributed by atoms with Crippen molar-refractivity contribution in [1.82, 2.24) is 10.2 Å². The zero-order valence-corrected chi connectivity index (χ0v) is 11.9. The number of carbonyl (C=O) groups excluding carboxylic acids is 1. The minimum atomic E-state index is -0.996. The average molecular weight is 286 g/mol. The van der Waals surface area contributed by atoms with Gasteiger partial charge in [-0.15, -0.1) is 12.3 Å². The standard InChI is InChI=1S/C16H18N2O3/c1-3-6-11(2)17-16(21)18-10-13-8-5-4-7-12(13)9-14(18)15(19)20/h1,4-5,7-8,11,14H,6,9-10H2,2H3,(H,17,21)(H,19,20)/t11?,14-/m0/s1. The number of benzene rings is 1. The normalized spacial score (nSPS) is 18.3. The summed E-state index contributed by atoms with van der Waals surface area (Å²) >= 11 is 0. The highest BCUT2D eigenvalue weighted by molar-refractivity contribution is 5.83. The molecule has 1 aromatic rings. The summed E-state index contributed by atoms with van der Waals surface area (Å²) in [5, 5.41) is 12.1. The second-order valence-electron chi connectivity index (χ2n) is 5.21. The molecule has 0 bridgehead atoms. The number of carboxylic acid groups (broad SMARTS) is 1. The van der Waals surface area contributed by atoms with Gasteiger partial charge >= 0.3 is 12.0 Å². The Balaban J connectivity index is 2.19. The number of aliphatic carboxylic acids is 1. The molecule has 1 aliphatic rings. The maximum absolute atomic E-state index is 12.3. The van der Waals surface area contributed by atoms with Gasteiger partial charge in [-0.1, -0.05) is 24.3 Å². The van der Waals surface area contributed by atoms with E-state index in [4.69, 9.17) is 6.42 Å². The first-order valence-electron chi connectivity index (χ1n) is 6.83. The third-order valence-electron chi connectivity index (χ3n) is 3.59. The molecule has 2 rings (SSSR count). The number of rotatable bonds is 3. The largest absolute Gasteiger partial charge is 0.480 e. The Kier molecular flexibility index (Phi) is 4.49. The van der Waals surface area contributed by atoms with Crippen molar-refractivity contribution in [2.45, 2.75) is 38.4 Å². The first kappa shape index (κ1) is 14.9. The first-order chi connectivity index (χ1) is 10.0. The highest BCUT2D eigenvalue weighted by Gasteiger charge is 2.34. The number of terminal acetylenes is 1. The van der Waals surface area contributed by atoms with Gasteiger partial charge in [-0.2, -0.15) is 0 Å².